The van der Waals surface area contributed by atoms with Crippen molar-refractivity contribution in [3.8, 4) is 0 Å². The molecule has 1 saturated heterocycles. The zero-order valence-corrected chi connectivity index (χ0v) is 23.8. The summed E-state index contributed by atoms with van der Waals surface area (Å²) < 4.78 is 14.5. The zero-order valence-electron chi connectivity index (χ0n) is 22.3. The number of anilines is 1. The van der Waals surface area contributed by atoms with E-state index in [1.165, 1.54) is 6.92 Å². The SMILES string of the molecule is CC(=O)NCCCCCC(=O)Nc1cccc([C@@H]2O[C@H](Cn3cnc(Cl)c3Cl)C[C@H](c3ccc(CO)cc3)O2)c1. The van der Waals surface area contributed by atoms with E-state index < -0.39 is 6.29 Å². The summed E-state index contributed by atoms with van der Waals surface area (Å²) in [5, 5.41) is 15.7. The van der Waals surface area contributed by atoms with Gasteiger partial charge in [-0.05, 0) is 36.1 Å². The molecule has 1 aliphatic heterocycles. The molecule has 3 N–H and O–H groups in total. The fourth-order valence-corrected chi connectivity index (χ4v) is 4.87. The van der Waals surface area contributed by atoms with Gasteiger partial charge >= 0.3 is 0 Å². The maximum Gasteiger partial charge on any atom is 0.224 e. The van der Waals surface area contributed by atoms with Crippen LogP contribution in [0.2, 0.25) is 10.3 Å². The molecule has 0 bridgehead atoms. The van der Waals surface area contributed by atoms with Crippen LogP contribution in [0.3, 0.4) is 0 Å². The van der Waals surface area contributed by atoms with Crippen LogP contribution in [0.15, 0.2) is 54.9 Å². The van der Waals surface area contributed by atoms with Crippen molar-refractivity contribution in [1.82, 2.24) is 14.9 Å². The smallest absolute Gasteiger partial charge is 0.224 e. The monoisotopic (exact) mass is 588 g/mol. The molecule has 0 spiro atoms. The summed E-state index contributed by atoms with van der Waals surface area (Å²) in [6.45, 7) is 2.51. The lowest BCUT2D eigenvalue weighted by Crippen LogP contribution is -2.32. The Morgan fingerprint density at radius 1 is 1.07 bits per heavy atom. The number of hydrogen-bond donors (Lipinski definition) is 3. The normalized spacial score (nSPS) is 18.9. The van der Waals surface area contributed by atoms with E-state index in [0.717, 1.165) is 36.0 Å². The molecule has 3 aromatic rings. The average Bonchev–Trinajstić information content (AvgIpc) is 3.27. The molecular weight excluding hydrogens is 555 g/mol. The first-order valence-electron chi connectivity index (χ1n) is 13.3. The van der Waals surface area contributed by atoms with E-state index in [-0.39, 0.29) is 35.8 Å². The summed E-state index contributed by atoms with van der Waals surface area (Å²) in [5.41, 5.74) is 3.21. The number of imidazole rings is 1. The third-order valence-corrected chi connectivity index (χ3v) is 7.41. The number of carbonyl (C=O) groups excluding carboxylic acids is 2. The van der Waals surface area contributed by atoms with Crippen molar-refractivity contribution in [2.45, 2.75) is 70.7 Å². The summed E-state index contributed by atoms with van der Waals surface area (Å²) >= 11 is 12.4. The Hall–Kier alpha value is -2.95. The van der Waals surface area contributed by atoms with E-state index in [0.29, 0.717) is 36.8 Å². The highest BCUT2D eigenvalue weighted by atomic mass is 35.5. The van der Waals surface area contributed by atoms with Crippen molar-refractivity contribution in [3.05, 3.63) is 81.9 Å². The van der Waals surface area contributed by atoms with Gasteiger partial charge in [0, 0.05) is 37.6 Å². The zero-order chi connectivity index (χ0) is 28.5. The Kier molecular flexibility index (Phi) is 11.0. The standard InChI is InChI=1S/C29H34Cl2N4O5/c1-19(37)32-13-4-2-3-8-26(38)34-23-7-5-6-22(14-23)29-39-24(16-35-18-33-27(30)28(35)31)15-25(40-29)21-11-9-20(17-36)10-12-21/h5-7,9-12,14,18,24-25,29,36H,2-4,8,13,15-17H2,1H3,(H,32,37)(H,34,38)/t24-,25+,29+/m0/s1. The minimum atomic E-state index is -0.690. The summed E-state index contributed by atoms with van der Waals surface area (Å²) in [6.07, 6.45) is 3.74. The van der Waals surface area contributed by atoms with E-state index in [1.54, 1.807) is 10.9 Å². The molecule has 1 aromatic heterocycles. The Bertz CT molecular complexity index is 1280. The van der Waals surface area contributed by atoms with Gasteiger partial charge in [-0.3, -0.25) is 9.59 Å². The highest BCUT2D eigenvalue weighted by Gasteiger charge is 2.33. The van der Waals surface area contributed by atoms with Gasteiger partial charge in [-0.2, -0.15) is 0 Å². The van der Waals surface area contributed by atoms with Gasteiger partial charge in [0.25, 0.3) is 0 Å². The molecule has 2 heterocycles. The van der Waals surface area contributed by atoms with Crippen LogP contribution in [0.5, 0.6) is 0 Å². The van der Waals surface area contributed by atoms with Gasteiger partial charge in [-0.1, -0.05) is 66.0 Å². The maximum absolute atomic E-state index is 12.5. The van der Waals surface area contributed by atoms with Crippen LogP contribution in [-0.2, 0) is 32.2 Å². The third kappa shape index (κ3) is 8.52. The number of ether oxygens (including phenoxy) is 2. The quantitative estimate of drug-likeness (QED) is 0.238. The number of aliphatic hydroxyl groups is 1. The topological polar surface area (TPSA) is 115 Å². The number of nitrogens with one attached hydrogen (secondary N) is 2. The highest BCUT2D eigenvalue weighted by molar-refractivity contribution is 6.40. The number of rotatable bonds is 12. The fraction of sp³-hybridized carbons (Fsp3) is 0.414. The van der Waals surface area contributed by atoms with Crippen LogP contribution in [-0.4, -0.2) is 39.1 Å². The molecule has 3 atom stereocenters. The van der Waals surface area contributed by atoms with Crippen molar-refractivity contribution in [2.75, 3.05) is 11.9 Å². The Morgan fingerprint density at radius 2 is 1.88 bits per heavy atom. The highest BCUT2D eigenvalue weighted by Crippen LogP contribution is 2.39. The van der Waals surface area contributed by atoms with Gasteiger partial charge in [-0.25, -0.2) is 4.98 Å². The first-order valence-corrected chi connectivity index (χ1v) is 14.1. The van der Waals surface area contributed by atoms with Gasteiger partial charge in [0.2, 0.25) is 11.8 Å². The van der Waals surface area contributed by atoms with Crippen LogP contribution < -0.4 is 10.6 Å². The van der Waals surface area contributed by atoms with Crippen molar-refractivity contribution in [1.29, 1.82) is 0 Å². The Labute approximate surface area is 243 Å². The van der Waals surface area contributed by atoms with Gasteiger partial charge in [0.05, 0.1) is 31.7 Å². The molecule has 214 valence electrons. The number of nitrogens with zero attached hydrogens (tertiary/aromatic N) is 2. The summed E-state index contributed by atoms with van der Waals surface area (Å²) in [4.78, 5) is 27.5. The lowest BCUT2D eigenvalue weighted by molar-refractivity contribution is -0.252. The average molecular weight is 590 g/mol. The number of amides is 2. The van der Waals surface area contributed by atoms with Gasteiger partial charge in [-0.15, -0.1) is 0 Å². The second-order valence-electron chi connectivity index (χ2n) is 9.80. The largest absolute Gasteiger partial charge is 0.392 e. The van der Waals surface area contributed by atoms with Crippen LogP contribution in [0.25, 0.3) is 0 Å². The van der Waals surface area contributed by atoms with Gasteiger partial charge < -0.3 is 29.8 Å². The molecule has 40 heavy (non-hydrogen) atoms. The molecule has 0 aliphatic carbocycles. The molecule has 0 saturated carbocycles. The minimum absolute atomic E-state index is 0.0321. The molecule has 0 radical (unpaired) electrons. The first-order chi connectivity index (χ1) is 19.3. The molecule has 1 fully saturated rings. The third-order valence-electron chi connectivity index (χ3n) is 6.65. The second kappa shape index (κ2) is 14.6. The molecule has 11 heteroatoms. The minimum Gasteiger partial charge on any atom is -0.392 e. The van der Waals surface area contributed by atoms with Crippen LogP contribution in [0.4, 0.5) is 5.69 Å². The Balaban J connectivity index is 1.43. The van der Waals surface area contributed by atoms with E-state index >= 15 is 0 Å². The van der Waals surface area contributed by atoms with Crippen molar-refractivity contribution in [3.63, 3.8) is 0 Å². The summed E-state index contributed by atoms with van der Waals surface area (Å²) in [6, 6.07) is 15.1. The lowest BCUT2D eigenvalue weighted by Gasteiger charge is -2.36. The van der Waals surface area contributed by atoms with Gasteiger partial charge in [0.15, 0.2) is 11.4 Å². The first kappa shape index (κ1) is 30.0. The number of halogens is 2. The molecule has 2 aromatic carbocycles. The molecule has 9 nitrogen and oxygen atoms in total. The van der Waals surface area contributed by atoms with Crippen molar-refractivity contribution < 1.29 is 24.2 Å². The molecule has 0 unspecified atom stereocenters. The number of benzene rings is 2. The predicted molar refractivity (Wildman–Crippen MR) is 153 cm³/mol. The van der Waals surface area contributed by atoms with E-state index in [1.807, 2.05) is 48.5 Å². The fourth-order valence-electron chi connectivity index (χ4n) is 4.56. The molecular formula is C29H34Cl2N4O5. The maximum atomic E-state index is 12.5. The number of unbranched alkanes of at least 4 members (excludes halogenated alkanes) is 2. The van der Waals surface area contributed by atoms with Crippen molar-refractivity contribution in [2.24, 2.45) is 0 Å². The molecule has 2 amide bonds. The predicted octanol–water partition coefficient (Wildman–Crippen LogP) is 5.56. The Morgan fingerprint density at radius 3 is 2.58 bits per heavy atom. The molecule has 4 rings (SSSR count). The lowest BCUT2D eigenvalue weighted by atomic mass is 10.00. The van der Waals surface area contributed by atoms with Crippen LogP contribution >= 0.6 is 23.2 Å². The summed E-state index contributed by atoms with van der Waals surface area (Å²) in [5.74, 6) is -0.121. The van der Waals surface area contributed by atoms with Crippen molar-refractivity contribution >= 4 is 40.7 Å². The second-order valence-corrected chi connectivity index (χ2v) is 10.5. The van der Waals surface area contributed by atoms with Crippen LogP contribution in [0, 0.1) is 0 Å². The number of aliphatic hydroxyl groups excluding tert-OH is 1. The number of carbonyl (C=O) groups is 2. The van der Waals surface area contributed by atoms with E-state index in [2.05, 4.69) is 15.6 Å². The van der Waals surface area contributed by atoms with E-state index in [4.69, 9.17) is 32.7 Å². The molecule has 1 aliphatic rings. The summed E-state index contributed by atoms with van der Waals surface area (Å²) in [7, 11) is 0. The van der Waals surface area contributed by atoms with Gasteiger partial charge in [0.1, 0.15) is 5.15 Å². The number of aromatic nitrogens is 2. The number of hydrogen-bond acceptors (Lipinski definition) is 6. The van der Waals surface area contributed by atoms with E-state index in [9.17, 15) is 14.7 Å². The van der Waals surface area contributed by atoms with Crippen LogP contribution in [0.1, 0.15) is 68.1 Å².